The Morgan fingerprint density at radius 3 is 2.79 bits per heavy atom. The maximum absolute atomic E-state index is 12.8. The standard InChI is InChI=1S/C19H25N3O2/c1-5-14(6-2)22-17(10-13(4)21-22)19(23)20-16-11-24-18-8-7-12(3)9-15(16)18/h7-10,14,16H,5-6,11H2,1-4H3,(H,20,23)/t16-/m0/s1. The van der Waals surface area contributed by atoms with E-state index in [1.807, 2.05) is 36.7 Å². The molecule has 0 bridgehead atoms. The number of fused-ring (bicyclic) bond motifs is 1. The molecule has 0 spiro atoms. The molecule has 1 atom stereocenters. The fraction of sp³-hybridized carbons (Fsp3) is 0.474. The molecule has 5 heteroatoms. The Labute approximate surface area is 143 Å². The Balaban J connectivity index is 1.84. The van der Waals surface area contributed by atoms with Crippen molar-refractivity contribution in [3.05, 3.63) is 46.8 Å². The van der Waals surface area contributed by atoms with Crippen LogP contribution in [0.4, 0.5) is 0 Å². The highest BCUT2D eigenvalue weighted by atomic mass is 16.5. The molecule has 0 radical (unpaired) electrons. The highest BCUT2D eigenvalue weighted by Crippen LogP contribution is 2.33. The maximum atomic E-state index is 12.8. The minimum Gasteiger partial charge on any atom is -0.491 e. The highest BCUT2D eigenvalue weighted by molar-refractivity contribution is 5.93. The fourth-order valence-corrected chi connectivity index (χ4v) is 3.29. The zero-order valence-corrected chi connectivity index (χ0v) is 14.8. The van der Waals surface area contributed by atoms with Crippen LogP contribution in [0.25, 0.3) is 0 Å². The van der Waals surface area contributed by atoms with E-state index in [1.165, 1.54) is 0 Å². The van der Waals surface area contributed by atoms with Gasteiger partial charge < -0.3 is 10.1 Å². The second-order valence-electron chi connectivity index (χ2n) is 6.46. The molecule has 0 unspecified atom stereocenters. The first-order valence-corrected chi connectivity index (χ1v) is 8.63. The quantitative estimate of drug-likeness (QED) is 0.910. The van der Waals surface area contributed by atoms with Crippen molar-refractivity contribution in [3.63, 3.8) is 0 Å². The number of nitrogens with zero attached hydrogens (tertiary/aromatic N) is 2. The van der Waals surface area contributed by atoms with Crippen molar-refractivity contribution in [1.29, 1.82) is 0 Å². The molecule has 1 N–H and O–H groups in total. The smallest absolute Gasteiger partial charge is 0.270 e. The van der Waals surface area contributed by atoms with Crippen molar-refractivity contribution in [2.75, 3.05) is 6.61 Å². The summed E-state index contributed by atoms with van der Waals surface area (Å²) in [5.74, 6) is 0.765. The third kappa shape index (κ3) is 3.03. The average molecular weight is 327 g/mol. The first kappa shape index (κ1) is 16.6. The van der Waals surface area contributed by atoms with Gasteiger partial charge in [-0.1, -0.05) is 31.5 Å². The first-order valence-electron chi connectivity index (χ1n) is 8.63. The molecule has 1 aliphatic rings. The van der Waals surface area contributed by atoms with Crippen LogP contribution in [0.1, 0.15) is 66.1 Å². The number of aryl methyl sites for hydroxylation is 2. The largest absolute Gasteiger partial charge is 0.491 e. The van der Waals surface area contributed by atoms with Crippen molar-refractivity contribution in [3.8, 4) is 5.75 Å². The Morgan fingerprint density at radius 2 is 2.08 bits per heavy atom. The van der Waals surface area contributed by atoms with Crippen LogP contribution in [0.2, 0.25) is 0 Å². The molecule has 24 heavy (non-hydrogen) atoms. The molecule has 0 fully saturated rings. The van der Waals surface area contributed by atoms with E-state index in [-0.39, 0.29) is 18.0 Å². The summed E-state index contributed by atoms with van der Waals surface area (Å²) in [6.07, 6.45) is 1.90. The van der Waals surface area contributed by atoms with Crippen LogP contribution < -0.4 is 10.1 Å². The summed E-state index contributed by atoms with van der Waals surface area (Å²) < 4.78 is 7.56. The summed E-state index contributed by atoms with van der Waals surface area (Å²) >= 11 is 0. The normalized spacial score (nSPS) is 16.1. The summed E-state index contributed by atoms with van der Waals surface area (Å²) in [6.45, 7) is 8.69. The van der Waals surface area contributed by atoms with E-state index in [9.17, 15) is 4.79 Å². The lowest BCUT2D eigenvalue weighted by Gasteiger charge is -2.18. The number of hydrogen-bond acceptors (Lipinski definition) is 3. The Bertz CT molecular complexity index is 747. The van der Waals surface area contributed by atoms with Crippen LogP contribution in [-0.2, 0) is 0 Å². The molecule has 1 aliphatic heterocycles. The third-order valence-electron chi connectivity index (χ3n) is 4.63. The number of rotatable bonds is 5. The number of nitrogens with one attached hydrogen (secondary N) is 1. The Hall–Kier alpha value is -2.30. The molecule has 1 aromatic carbocycles. The molecule has 2 aromatic rings. The fourth-order valence-electron chi connectivity index (χ4n) is 3.29. The molecule has 3 rings (SSSR count). The van der Waals surface area contributed by atoms with Gasteiger partial charge in [0.15, 0.2) is 0 Å². The predicted octanol–water partition coefficient (Wildman–Crippen LogP) is 3.72. The van der Waals surface area contributed by atoms with E-state index in [0.717, 1.165) is 35.4 Å². The first-order chi connectivity index (χ1) is 11.5. The van der Waals surface area contributed by atoms with Gasteiger partial charge in [-0.25, -0.2) is 0 Å². The van der Waals surface area contributed by atoms with Crippen molar-refractivity contribution >= 4 is 5.91 Å². The number of carbonyl (C=O) groups is 1. The number of ether oxygens (including phenoxy) is 1. The van der Waals surface area contributed by atoms with Gasteiger partial charge in [-0.05, 0) is 38.8 Å². The van der Waals surface area contributed by atoms with E-state index in [2.05, 4.69) is 30.3 Å². The maximum Gasteiger partial charge on any atom is 0.270 e. The van der Waals surface area contributed by atoms with Gasteiger partial charge in [0.2, 0.25) is 0 Å². The SMILES string of the molecule is CCC(CC)n1nc(C)cc1C(=O)N[C@H]1COc2ccc(C)cc21. The zero-order valence-electron chi connectivity index (χ0n) is 14.8. The lowest BCUT2D eigenvalue weighted by atomic mass is 10.1. The molecule has 1 amide bonds. The Kier molecular flexibility index (Phi) is 4.60. The van der Waals surface area contributed by atoms with Crippen molar-refractivity contribution in [2.45, 2.75) is 52.6 Å². The van der Waals surface area contributed by atoms with Gasteiger partial charge in [-0.15, -0.1) is 0 Å². The van der Waals surface area contributed by atoms with Gasteiger partial charge in [-0.2, -0.15) is 5.10 Å². The summed E-state index contributed by atoms with van der Waals surface area (Å²) in [5.41, 5.74) is 3.71. The predicted molar refractivity (Wildman–Crippen MR) is 93.5 cm³/mol. The average Bonchev–Trinajstić information content (AvgIpc) is 3.13. The lowest BCUT2D eigenvalue weighted by molar-refractivity contribution is 0.0916. The number of carbonyl (C=O) groups excluding carboxylic acids is 1. The minimum absolute atomic E-state index is 0.0922. The van der Waals surface area contributed by atoms with E-state index in [1.54, 1.807) is 0 Å². The molecule has 128 valence electrons. The molecule has 0 saturated heterocycles. The topological polar surface area (TPSA) is 56.2 Å². The monoisotopic (exact) mass is 327 g/mol. The lowest BCUT2D eigenvalue weighted by Crippen LogP contribution is -2.32. The van der Waals surface area contributed by atoms with Crippen LogP contribution in [0, 0.1) is 13.8 Å². The molecule has 1 aromatic heterocycles. The van der Waals surface area contributed by atoms with Crippen LogP contribution in [0.5, 0.6) is 5.75 Å². The van der Waals surface area contributed by atoms with Crippen LogP contribution in [0.3, 0.4) is 0 Å². The van der Waals surface area contributed by atoms with Crippen molar-refractivity contribution < 1.29 is 9.53 Å². The summed E-state index contributed by atoms with van der Waals surface area (Å²) in [4.78, 5) is 12.8. The van der Waals surface area contributed by atoms with E-state index in [0.29, 0.717) is 12.3 Å². The van der Waals surface area contributed by atoms with Gasteiger partial charge in [0.05, 0.1) is 17.8 Å². The molecule has 2 heterocycles. The highest BCUT2D eigenvalue weighted by Gasteiger charge is 2.28. The van der Waals surface area contributed by atoms with Crippen molar-refractivity contribution in [1.82, 2.24) is 15.1 Å². The molecular formula is C19H25N3O2. The van der Waals surface area contributed by atoms with Gasteiger partial charge in [0, 0.05) is 5.56 Å². The van der Waals surface area contributed by atoms with Crippen LogP contribution in [0.15, 0.2) is 24.3 Å². The van der Waals surface area contributed by atoms with Crippen LogP contribution >= 0.6 is 0 Å². The number of benzene rings is 1. The van der Waals surface area contributed by atoms with E-state index in [4.69, 9.17) is 4.74 Å². The van der Waals surface area contributed by atoms with E-state index >= 15 is 0 Å². The number of hydrogen-bond donors (Lipinski definition) is 1. The molecule has 5 nitrogen and oxygen atoms in total. The third-order valence-corrected chi connectivity index (χ3v) is 4.63. The minimum atomic E-state index is -0.113. The van der Waals surface area contributed by atoms with Gasteiger partial charge in [0.1, 0.15) is 18.1 Å². The van der Waals surface area contributed by atoms with Gasteiger partial charge in [-0.3, -0.25) is 9.48 Å². The molecule has 0 saturated carbocycles. The number of amides is 1. The van der Waals surface area contributed by atoms with Crippen molar-refractivity contribution in [2.24, 2.45) is 0 Å². The molecule has 0 aliphatic carbocycles. The van der Waals surface area contributed by atoms with Gasteiger partial charge in [0.25, 0.3) is 5.91 Å². The second kappa shape index (κ2) is 6.67. The second-order valence-corrected chi connectivity index (χ2v) is 6.46. The summed E-state index contributed by atoms with van der Waals surface area (Å²) in [5, 5.41) is 7.64. The number of aromatic nitrogens is 2. The zero-order chi connectivity index (χ0) is 17.3. The Morgan fingerprint density at radius 1 is 1.33 bits per heavy atom. The summed E-state index contributed by atoms with van der Waals surface area (Å²) in [6, 6.07) is 8.06. The summed E-state index contributed by atoms with van der Waals surface area (Å²) in [7, 11) is 0. The van der Waals surface area contributed by atoms with Crippen LogP contribution in [-0.4, -0.2) is 22.3 Å². The van der Waals surface area contributed by atoms with Gasteiger partial charge >= 0.3 is 0 Å². The molecular weight excluding hydrogens is 302 g/mol. The van der Waals surface area contributed by atoms with E-state index < -0.39 is 0 Å².